The third kappa shape index (κ3) is 1.15. The van der Waals surface area contributed by atoms with Crippen molar-refractivity contribution in [2.45, 2.75) is 0 Å². The van der Waals surface area contributed by atoms with E-state index in [2.05, 4.69) is 20.3 Å². The fraction of sp³-hybridized carbons (Fsp3) is 0. The van der Waals surface area contributed by atoms with Crippen LogP contribution in [0, 0.1) is 0 Å². The molecule has 0 fully saturated rings. The summed E-state index contributed by atoms with van der Waals surface area (Å²) in [6, 6.07) is 3.20. The van der Waals surface area contributed by atoms with Gasteiger partial charge in [-0.3, -0.25) is 15.0 Å². The topological polar surface area (TPSA) is 78.8 Å². The van der Waals surface area contributed by atoms with Crippen molar-refractivity contribution in [2.24, 2.45) is 0 Å². The molecular formula is C9H7N5O. The number of nitrogens with zero attached hydrogens (tertiary/aromatic N) is 3. The molecule has 0 radical (unpaired) electrons. The molecule has 3 rings (SSSR count). The van der Waals surface area contributed by atoms with Crippen molar-refractivity contribution in [3.8, 4) is 11.3 Å². The van der Waals surface area contributed by atoms with Crippen molar-refractivity contribution >= 4 is 5.65 Å². The number of hydrogen-bond donors (Lipinski definition) is 2. The molecule has 15 heavy (non-hydrogen) atoms. The molecule has 0 aliphatic carbocycles. The lowest BCUT2D eigenvalue weighted by Gasteiger charge is -1.89. The molecule has 0 aliphatic heterocycles. The van der Waals surface area contributed by atoms with Crippen LogP contribution in [-0.2, 0) is 0 Å². The number of hydrogen-bond acceptors (Lipinski definition) is 3. The van der Waals surface area contributed by atoms with Crippen molar-refractivity contribution in [1.29, 1.82) is 0 Å². The first-order valence-corrected chi connectivity index (χ1v) is 4.40. The van der Waals surface area contributed by atoms with Crippen molar-refractivity contribution in [2.75, 3.05) is 0 Å². The summed E-state index contributed by atoms with van der Waals surface area (Å²) in [6.07, 6.45) is 4.91. The second-order valence-electron chi connectivity index (χ2n) is 3.13. The molecule has 0 unspecified atom stereocenters. The Bertz CT molecular complexity index is 649. The van der Waals surface area contributed by atoms with E-state index in [0.717, 1.165) is 11.3 Å². The zero-order chi connectivity index (χ0) is 10.3. The Morgan fingerprint density at radius 1 is 1.40 bits per heavy atom. The minimum Gasteiger partial charge on any atom is -0.289 e. The smallest absolute Gasteiger partial charge is 0.272 e. The lowest BCUT2D eigenvalue weighted by Crippen LogP contribution is -2.12. The fourth-order valence-corrected chi connectivity index (χ4v) is 1.46. The van der Waals surface area contributed by atoms with Gasteiger partial charge >= 0.3 is 0 Å². The molecule has 0 saturated heterocycles. The maximum absolute atomic E-state index is 11.4. The van der Waals surface area contributed by atoms with E-state index in [1.807, 2.05) is 0 Å². The summed E-state index contributed by atoms with van der Waals surface area (Å²) in [5, 5.41) is 9.50. The molecule has 0 bridgehead atoms. The van der Waals surface area contributed by atoms with Crippen LogP contribution in [-0.4, -0.2) is 24.8 Å². The lowest BCUT2D eigenvalue weighted by atomic mass is 10.3. The lowest BCUT2D eigenvalue weighted by molar-refractivity contribution is 0.903. The highest BCUT2D eigenvalue weighted by molar-refractivity contribution is 5.62. The van der Waals surface area contributed by atoms with Crippen LogP contribution < -0.4 is 5.56 Å². The molecular weight excluding hydrogens is 194 g/mol. The van der Waals surface area contributed by atoms with Gasteiger partial charge in [-0.2, -0.15) is 5.10 Å². The van der Waals surface area contributed by atoms with Crippen LogP contribution in [0.5, 0.6) is 0 Å². The zero-order valence-corrected chi connectivity index (χ0v) is 7.64. The molecule has 0 aromatic carbocycles. The largest absolute Gasteiger partial charge is 0.289 e. The van der Waals surface area contributed by atoms with Crippen LogP contribution in [0.2, 0.25) is 0 Å². The van der Waals surface area contributed by atoms with E-state index in [0.29, 0.717) is 5.65 Å². The normalized spacial score (nSPS) is 10.9. The predicted octanol–water partition coefficient (Wildman–Crippen LogP) is 0.413. The van der Waals surface area contributed by atoms with Gasteiger partial charge in [-0.25, -0.2) is 9.50 Å². The summed E-state index contributed by atoms with van der Waals surface area (Å²) in [5.41, 5.74) is 2.16. The Kier molecular flexibility index (Phi) is 1.49. The third-order valence-electron chi connectivity index (χ3n) is 2.19. The molecule has 3 aromatic heterocycles. The van der Waals surface area contributed by atoms with Gasteiger partial charge in [-0.1, -0.05) is 0 Å². The molecule has 2 N–H and O–H groups in total. The minimum atomic E-state index is -0.130. The second-order valence-corrected chi connectivity index (χ2v) is 3.13. The standard InChI is InChI=1S/C9H7N5O/c15-9-1-2-10-8-3-7(13-14(8)9)6-4-11-12-5-6/h1-5,13H,(H,11,12). The number of aromatic amines is 2. The van der Waals surface area contributed by atoms with Crippen LogP contribution >= 0.6 is 0 Å². The van der Waals surface area contributed by atoms with Crippen molar-refractivity contribution < 1.29 is 0 Å². The summed E-state index contributed by atoms with van der Waals surface area (Å²) in [7, 11) is 0. The molecule has 0 spiro atoms. The summed E-state index contributed by atoms with van der Waals surface area (Å²) < 4.78 is 1.39. The van der Waals surface area contributed by atoms with Gasteiger partial charge in [0.2, 0.25) is 0 Å². The van der Waals surface area contributed by atoms with Gasteiger partial charge in [0.1, 0.15) is 0 Å². The Morgan fingerprint density at radius 2 is 2.33 bits per heavy atom. The van der Waals surface area contributed by atoms with E-state index in [1.54, 1.807) is 18.5 Å². The maximum atomic E-state index is 11.4. The van der Waals surface area contributed by atoms with Gasteiger partial charge in [0.15, 0.2) is 5.65 Å². The van der Waals surface area contributed by atoms with Crippen molar-refractivity contribution in [3.05, 3.63) is 41.1 Å². The maximum Gasteiger partial charge on any atom is 0.272 e. The number of aromatic nitrogens is 5. The third-order valence-corrected chi connectivity index (χ3v) is 2.19. The van der Waals surface area contributed by atoms with Gasteiger partial charge in [-0.05, 0) is 0 Å². The summed E-state index contributed by atoms with van der Waals surface area (Å²) >= 11 is 0. The molecule has 74 valence electrons. The van der Waals surface area contributed by atoms with Gasteiger partial charge in [0.05, 0.1) is 11.9 Å². The average Bonchev–Trinajstić information content (AvgIpc) is 2.86. The highest BCUT2D eigenvalue weighted by Gasteiger charge is 2.05. The molecule has 6 nitrogen and oxygen atoms in total. The Balaban J connectivity index is 2.32. The number of rotatable bonds is 1. The van der Waals surface area contributed by atoms with Crippen LogP contribution in [0.4, 0.5) is 0 Å². The minimum absolute atomic E-state index is 0.130. The van der Waals surface area contributed by atoms with E-state index in [-0.39, 0.29) is 5.56 Å². The first-order chi connectivity index (χ1) is 7.34. The second kappa shape index (κ2) is 2.81. The van der Waals surface area contributed by atoms with E-state index in [9.17, 15) is 4.79 Å². The number of H-pyrrole nitrogens is 2. The highest BCUT2D eigenvalue weighted by atomic mass is 16.1. The van der Waals surface area contributed by atoms with Gasteiger partial charge in [0, 0.05) is 30.1 Å². The molecule has 0 aliphatic rings. The SMILES string of the molecule is O=c1ccnc2cc(-c3cn[nH]c3)[nH]n12. The number of fused-ring (bicyclic) bond motifs is 1. The van der Waals surface area contributed by atoms with E-state index in [4.69, 9.17) is 0 Å². The van der Waals surface area contributed by atoms with Crippen LogP contribution in [0.3, 0.4) is 0 Å². The molecule has 3 heterocycles. The monoisotopic (exact) mass is 201 g/mol. The van der Waals surface area contributed by atoms with E-state index >= 15 is 0 Å². The first kappa shape index (κ1) is 7.98. The Hall–Kier alpha value is -2.37. The van der Waals surface area contributed by atoms with Crippen LogP contribution in [0.25, 0.3) is 16.9 Å². The number of nitrogens with one attached hydrogen (secondary N) is 2. The molecule has 6 heteroatoms. The fourth-order valence-electron chi connectivity index (χ4n) is 1.46. The first-order valence-electron chi connectivity index (χ1n) is 4.40. The Labute approximate surface area is 83.6 Å². The van der Waals surface area contributed by atoms with E-state index in [1.165, 1.54) is 16.8 Å². The Morgan fingerprint density at radius 3 is 3.07 bits per heavy atom. The summed E-state index contributed by atoms with van der Waals surface area (Å²) in [6.45, 7) is 0. The predicted molar refractivity (Wildman–Crippen MR) is 53.4 cm³/mol. The summed E-state index contributed by atoms with van der Waals surface area (Å²) in [4.78, 5) is 15.5. The van der Waals surface area contributed by atoms with Gasteiger partial charge in [-0.15, -0.1) is 0 Å². The molecule has 0 atom stereocenters. The zero-order valence-electron chi connectivity index (χ0n) is 7.64. The van der Waals surface area contributed by atoms with Gasteiger partial charge in [0.25, 0.3) is 5.56 Å². The van der Waals surface area contributed by atoms with Crippen LogP contribution in [0.1, 0.15) is 0 Å². The molecule has 0 amide bonds. The van der Waals surface area contributed by atoms with Crippen LogP contribution in [0.15, 0.2) is 35.5 Å². The van der Waals surface area contributed by atoms with Gasteiger partial charge < -0.3 is 0 Å². The molecule has 0 saturated carbocycles. The van der Waals surface area contributed by atoms with Crippen molar-refractivity contribution in [1.82, 2.24) is 24.8 Å². The quantitative estimate of drug-likeness (QED) is 0.598. The average molecular weight is 201 g/mol. The summed E-state index contributed by atoms with van der Waals surface area (Å²) in [5.74, 6) is 0. The molecule has 3 aromatic rings. The van der Waals surface area contributed by atoms with Crippen molar-refractivity contribution in [3.63, 3.8) is 0 Å². The van der Waals surface area contributed by atoms with E-state index < -0.39 is 0 Å². The highest BCUT2D eigenvalue weighted by Crippen LogP contribution is 2.15.